The number of carbonyl (C=O) groups excluding carboxylic acids is 1. The van der Waals surface area contributed by atoms with Crippen LogP contribution in [0.25, 0.3) is 22.3 Å². The van der Waals surface area contributed by atoms with Gasteiger partial charge in [-0.15, -0.1) is 0 Å². The van der Waals surface area contributed by atoms with E-state index in [2.05, 4.69) is 32.9 Å². The van der Waals surface area contributed by atoms with Crippen molar-refractivity contribution in [3.63, 3.8) is 0 Å². The molecule has 2 aliphatic rings. The number of likely N-dealkylation sites (tertiary alicyclic amines) is 1. The maximum absolute atomic E-state index is 13.2. The average molecular weight is 474 g/mol. The van der Waals surface area contributed by atoms with Crippen molar-refractivity contribution in [3.05, 3.63) is 48.5 Å². The summed E-state index contributed by atoms with van der Waals surface area (Å²) in [6.45, 7) is 6.40. The quantitative estimate of drug-likeness (QED) is 0.555. The van der Waals surface area contributed by atoms with Crippen LogP contribution in [0.3, 0.4) is 0 Å². The highest BCUT2D eigenvalue weighted by molar-refractivity contribution is 5.80. The standard InChI is InChI=1S/C25H27N7O3/c1-16(34-2)28-24-29-21-12-19(14-27-23(21)30-24)18-3-4-22-20(11-18)15-32(9-10-35-22)25(33)31-7-5-17(13-26)6-8-31/h3-4,11-12,14,17H,1,5-10,15H2,2H3,(H2,27,28,29,30). The van der Waals surface area contributed by atoms with Crippen LogP contribution in [0.15, 0.2) is 42.9 Å². The molecule has 0 radical (unpaired) electrons. The lowest BCUT2D eigenvalue weighted by molar-refractivity contribution is 0.132. The van der Waals surface area contributed by atoms with E-state index < -0.39 is 0 Å². The van der Waals surface area contributed by atoms with Gasteiger partial charge in [0.1, 0.15) is 12.4 Å². The SMILES string of the molecule is C=C(Nc1nc2ncc(-c3ccc4c(c3)CN(C(=O)N3CCC(C#N)CC3)CCO4)cc2[nH]1)OC. The van der Waals surface area contributed by atoms with E-state index in [0.717, 1.165) is 40.8 Å². The van der Waals surface area contributed by atoms with Gasteiger partial charge in [-0.1, -0.05) is 6.07 Å². The van der Waals surface area contributed by atoms with Crippen LogP contribution in [0, 0.1) is 17.2 Å². The minimum Gasteiger partial charge on any atom is -0.491 e. The van der Waals surface area contributed by atoms with Gasteiger partial charge in [0.2, 0.25) is 5.95 Å². The number of hydrogen-bond donors (Lipinski definition) is 2. The zero-order valence-electron chi connectivity index (χ0n) is 19.6. The van der Waals surface area contributed by atoms with Gasteiger partial charge in [0.05, 0.1) is 31.8 Å². The number of aromatic nitrogens is 3. The van der Waals surface area contributed by atoms with E-state index in [1.807, 2.05) is 34.1 Å². The van der Waals surface area contributed by atoms with Crippen LogP contribution in [-0.4, -0.2) is 64.1 Å². The van der Waals surface area contributed by atoms with Gasteiger partial charge in [-0.2, -0.15) is 10.2 Å². The van der Waals surface area contributed by atoms with E-state index in [4.69, 9.17) is 14.7 Å². The fourth-order valence-corrected chi connectivity index (χ4v) is 4.44. The Morgan fingerprint density at radius 1 is 1.26 bits per heavy atom. The molecule has 2 aromatic heterocycles. The second-order valence-corrected chi connectivity index (χ2v) is 8.70. The molecule has 180 valence electrons. The molecule has 0 bridgehead atoms. The predicted octanol–water partition coefficient (Wildman–Crippen LogP) is 3.70. The van der Waals surface area contributed by atoms with Crippen molar-refractivity contribution in [1.29, 1.82) is 5.26 Å². The number of carbonyl (C=O) groups is 1. The van der Waals surface area contributed by atoms with Gasteiger partial charge >= 0.3 is 6.03 Å². The molecule has 4 heterocycles. The van der Waals surface area contributed by atoms with Crippen LogP contribution in [0.5, 0.6) is 5.75 Å². The first kappa shape index (κ1) is 22.5. The Balaban J connectivity index is 1.36. The maximum atomic E-state index is 13.2. The number of amides is 2. The molecule has 0 atom stereocenters. The first-order valence-electron chi connectivity index (χ1n) is 11.6. The zero-order valence-corrected chi connectivity index (χ0v) is 19.6. The van der Waals surface area contributed by atoms with Gasteiger partial charge < -0.3 is 24.3 Å². The number of nitrogens with zero attached hydrogens (tertiary/aromatic N) is 5. The number of hydrogen-bond acceptors (Lipinski definition) is 7. The Hall–Kier alpha value is -4.26. The fraction of sp³-hybridized carbons (Fsp3) is 0.360. The van der Waals surface area contributed by atoms with E-state index in [9.17, 15) is 4.79 Å². The van der Waals surface area contributed by atoms with Crippen molar-refractivity contribution >= 4 is 23.1 Å². The van der Waals surface area contributed by atoms with E-state index in [1.165, 1.54) is 7.11 Å². The number of pyridine rings is 1. The van der Waals surface area contributed by atoms with Crippen molar-refractivity contribution in [2.45, 2.75) is 19.4 Å². The first-order chi connectivity index (χ1) is 17.0. The summed E-state index contributed by atoms with van der Waals surface area (Å²) in [5, 5.41) is 12.1. The number of piperidine rings is 1. The Kier molecular flexibility index (Phi) is 6.14. The van der Waals surface area contributed by atoms with Crippen LogP contribution in [-0.2, 0) is 11.3 Å². The smallest absolute Gasteiger partial charge is 0.320 e. The van der Waals surface area contributed by atoms with Gasteiger partial charge in [-0.05, 0) is 43.2 Å². The first-order valence-corrected chi connectivity index (χ1v) is 11.6. The van der Waals surface area contributed by atoms with Gasteiger partial charge in [-0.3, -0.25) is 5.32 Å². The molecular formula is C25H27N7O3. The highest BCUT2D eigenvalue weighted by Crippen LogP contribution is 2.31. The van der Waals surface area contributed by atoms with Crippen LogP contribution in [0.1, 0.15) is 18.4 Å². The Morgan fingerprint density at radius 2 is 2.09 bits per heavy atom. The van der Waals surface area contributed by atoms with E-state index in [-0.39, 0.29) is 11.9 Å². The minimum absolute atomic E-state index is 0.00136. The van der Waals surface area contributed by atoms with Gasteiger partial charge in [-0.25, -0.2) is 9.78 Å². The Bertz CT molecular complexity index is 1300. The Morgan fingerprint density at radius 3 is 2.86 bits per heavy atom. The summed E-state index contributed by atoms with van der Waals surface area (Å²) in [5.74, 6) is 1.71. The molecule has 2 N–H and O–H groups in total. The number of imidazole rings is 1. The number of fused-ring (bicyclic) bond motifs is 2. The minimum atomic E-state index is 0.00136. The molecule has 1 fully saturated rings. The molecule has 35 heavy (non-hydrogen) atoms. The molecule has 2 aliphatic heterocycles. The third-order valence-corrected chi connectivity index (χ3v) is 6.43. The molecule has 0 aliphatic carbocycles. The predicted molar refractivity (Wildman–Crippen MR) is 130 cm³/mol. The summed E-state index contributed by atoms with van der Waals surface area (Å²) in [5.41, 5.74) is 4.19. The molecule has 10 heteroatoms. The van der Waals surface area contributed by atoms with Crippen molar-refractivity contribution < 1.29 is 14.3 Å². The van der Waals surface area contributed by atoms with Crippen molar-refractivity contribution in [3.8, 4) is 22.9 Å². The van der Waals surface area contributed by atoms with Gasteiger partial charge in [0.15, 0.2) is 11.5 Å². The van der Waals surface area contributed by atoms with Crippen LogP contribution < -0.4 is 10.1 Å². The number of anilines is 1. The fourth-order valence-electron chi connectivity index (χ4n) is 4.44. The van der Waals surface area contributed by atoms with Crippen LogP contribution in [0.2, 0.25) is 0 Å². The van der Waals surface area contributed by atoms with Crippen molar-refractivity contribution in [2.24, 2.45) is 5.92 Å². The molecule has 0 unspecified atom stereocenters. The van der Waals surface area contributed by atoms with E-state index in [1.54, 1.807) is 6.20 Å². The third kappa shape index (κ3) is 4.71. The summed E-state index contributed by atoms with van der Waals surface area (Å²) in [4.78, 5) is 28.9. The molecule has 0 spiro atoms. The van der Waals surface area contributed by atoms with Crippen molar-refractivity contribution in [2.75, 3.05) is 38.7 Å². The summed E-state index contributed by atoms with van der Waals surface area (Å²) in [6.07, 6.45) is 3.24. The van der Waals surface area contributed by atoms with Gasteiger partial charge in [0, 0.05) is 36.3 Å². The molecule has 0 saturated carbocycles. The maximum Gasteiger partial charge on any atom is 0.320 e. The number of urea groups is 1. The molecule has 5 rings (SSSR count). The van der Waals surface area contributed by atoms with E-state index >= 15 is 0 Å². The highest BCUT2D eigenvalue weighted by Gasteiger charge is 2.28. The zero-order chi connectivity index (χ0) is 24.4. The summed E-state index contributed by atoms with van der Waals surface area (Å²) < 4.78 is 11.0. The van der Waals surface area contributed by atoms with Gasteiger partial charge in [0.25, 0.3) is 0 Å². The topological polar surface area (TPSA) is 119 Å². The highest BCUT2D eigenvalue weighted by atomic mass is 16.5. The number of H-pyrrole nitrogens is 1. The average Bonchev–Trinajstić information content (AvgIpc) is 3.16. The number of nitrogens with one attached hydrogen (secondary N) is 2. The normalized spacial score (nSPS) is 16.1. The number of rotatable bonds is 4. The molecule has 2 amide bonds. The monoisotopic (exact) mass is 473 g/mol. The lowest BCUT2D eigenvalue weighted by Crippen LogP contribution is -2.46. The summed E-state index contributed by atoms with van der Waals surface area (Å²) >= 11 is 0. The number of aromatic amines is 1. The largest absolute Gasteiger partial charge is 0.491 e. The number of nitriles is 1. The number of benzene rings is 1. The number of methoxy groups -OCH3 is 1. The summed E-state index contributed by atoms with van der Waals surface area (Å²) in [6, 6.07) is 10.3. The molecule has 10 nitrogen and oxygen atoms in total. The van der Waals surface area contributed by atoms with E-state index in [0.29, 0.717) is 50.3 Å². The summed E-state index contributed by atoms with van der Waals surface area (Å²) in [7, 11) is 1.53. The molecule has 1 saturated heterocycles. The molecular weight excluding hydrogens is 446 g/mol. The lowest BCUT2D eigenvalue weighted by atomic mass is 9.99. The lowest BCUT2D eigenvalue weighted by Gasteiger charge is -2.33. The second kappa shape index (κ2) is 9.54. The molecule has 1 aromatic carbocycles. The second-order valence-electron chi connectivity index (χ2n) is 8.70. The van der Waals surface area contributed by atoms with Crippen LogP contribution >= 0.6 is 0 Å². The van der Waals surface area contributed by atoms with Crippen LogP contribution in [0.4, 0.5) is 10.7 Å². The third-order valence-electron chi connectivity index (χ3n) is 6.43. The molecule has 3 aromatic rings. The van der Waals surface area contributed by atoms with Crippen molar-refractivity contribution in [1.82, 2.24) is 24.8 Å². The number of ether oxygens (including phenoxy) is 2. The Labute approximate surface area is 203 Å².